The number of Topliss-reactive ketones (excluding diaryl/α,β-unsaturated/α-hetero) is 1. The number of carbonyl (C=O) groups is 2. The normalized spacial score (nSPS) is 13.2. The molecular weight excluding hydrogens is 478 g/mol. The number of ether oxygens (including phenoxy) is 3. The van der Waals surface area contributed by atoms with Gasteiger partial charge in [0, 0.05) is 23.4 Å². The molecule has 1 aliphatic heterocycles. The fourth-order valence-electron chi connectivity index (χ4n) is 3.99. The van der Waals surface area contributed by atoms with Crippen molar-refractivity contribution in [3.63, 3.8) is 0 Å². The van der Waals surface area contributed by atoms with Crippen molar-refractivity contribution in [3.05, 3.63) is 105 Å². The van der Waals surface area contributed by atoms with E-state index in [1.807, 2.05) is 30.3 Å². The summed E-state index contributed by atoms with van der Waals surface area (Å²) in [6.07, 6.45) is 3.23. The van der Waals surface area contributed by atoms with Crippen LogP contribution in [0.25, 0.3) is 23.0 Å². The van der Waals surface area contributed by atoms with Gasteiger partial charge in [-0.15, -0.1) is 0 Å². The minimum atomic E-state index is -0.569. The van der Waals surface area contributed by atoms with Crippen LogP contribution in [0.1, 0.15) is 26.3 Å². The molecule has 0 spiro atoms. The number of para-hydroxylation sites is 1. The predicted octanol–water partition coefficient (Wildman–Crippen LogP) is 4.86. The Morgan fingerprint density at radius 3 is 2.57 bits per heavy atom. The number of nitro groups is 1. The number of methoxy groups -OCH3 is 2. The van der Waals surface area contributed by atoms with Gasteiger partial charge >= 0.3 is 11.7 Å². The lowest BCUT2D eigenvalue weighted by atomic mass is 10.0. The summed E-state index contributed by atoms with van der Waals surface area (Å²) in [5.41, 5.74) is 2.32. The van der Waals surface area contributed by atoms with E-state index < -0.39 is 16.7 Å². The molecule has 0 atom stereocenters. The first kappa shape index (κ1) is 23.5. The minimum absolute atomic E-state index is 0.0221. The molecule has 0 amide bonds. The van der Waals surface area contributed by atoms with Gasteiger partial charge in [-0.2, -0.15) is 5.10 Å². The zero-order chi connectivity index (χ0) is 26.1. The lowest BCUT2D eigenvalue weighted by Crippen LogP contribution is -2.03. The number of allylic oxidation sites excluding steroid dienone is 1. The fraction of sp³-hybridized carbons (Fsp3) is 0.0741. The Balaban J connectivity index is 1.62. The van der Waals surface area contributed by atoms with Crippen LogP contribution in [0, 0.1) is 10.1 Å². The Morgan fingerprint density at radius 1 is 1.08 bits per heavy atom. The van der Waals surface area contributed by atoms with Crippen LogP contribution in [-0.4, -0.2) is 40.7 Å². The third-order valence-corrected chi connectivity index (χ3v) is 5.79. The standard InChI is InChI=1S/C27H19N3O7/c1-35-23-11-8-16(13-21(23)30(33)34)25-18(15-29(28-25)19-6-4-3-5-7-19)14-24-26(31)20-12-17(27(32)36-2)9-10-22(20)37-24/h3-15H,1-2H3/b24-14-. The van der Waals surface area contributed by atoms with Crippen LogP contribution in [0.15, 0.2) is 78.7 Å². The van der Waals surface area contributed by atoms with E-state index in [9.17, 15) is 19.7 Å². The highest BCUT2D eigenvalue weighted by Crippen LogP contribution is 2.36. The first-order chi connectivity index (χ1) is 17.9. The van der Waals surface area contributed by atoms with Gasteiger partial charge in [0.1, 0.15) is 11.4 Å². The summed E-state index contributed by atoms with van der Waals surface area (Å²) in [7, 11) is 2.61. The zero-order valence-electron chi connectivity index (χ0n) is 19.7. The van der Waals surface area contributed by atoms with Crippen molar-refractivity contribution >= 4 is 23.5 Å². The monoisotopic (exact) mass is 497 g/mol. The molecule has 10 nitrogen and oxygen atoms in total. The zero-order valence-corrected chi connectivity index (χ0v) is 19.7. The number of fused-ring (bicyclic) bond motifs is 1. The van der Waals surface area contributed by atoms with E-state index in [0.29, 0.717) is 22.6 Å². The summed E-state index contributed by atoms with van der Waals surface area (Å²) < 4.78 is 17.3. The summed E-state index contributed by atoms with van der Waals surface area (Å²) in [4.78, 5) is 36.1. The molecule has 10 heteroatoms. The number of benzene rings is 3. The molecule has 1 aliphatic rings. The number of nitro benzene ring substituents is 1. The Hall–Kier alpha value is -5.25. The maximum atomic E-state index is 13.1. The molecule has 0 saturated heterocycles. The number of hydrogen-bond donors (Lipinski definition) is 0. The van der Waals surface area contributed by atoms with Crippen LogP contribution in [0.5, 0.6) is 11.5 Å². The summed E-state index contributed by atoms with van der Waals surface area (Å²) >= 11 is 0. The highest BCUT2D eigenvalue weighted by Gasteiger charge is 2.29. The summed E-state index contributed by atoms with van der Waals surface area (Å²) in [5, 5.41) is 16.3. The van der Waals surface area contributed by atoms with E-state index in [0.717, 1.165) is 5.69 Å². The molecular formula is C27H19N3O7. The predicted molar refractivity (Wildman–Crippen MR) is 133 cm³/mol. The molecule has 0 fully saturated rings. The van der Waals surface area contributed by atoms with Crippen LogP contribution >= 0.6 is 0 Å². The average Bonchev–Trinajstić information content (AvgIpc) is 3.49. The van der Waals surface area contributed by atoms with Gasteiger partial charge in [-0.25, -0.2) is 9.48 Å². The maximum Gasteiger partial charge on any atom is 0.337 e. The Morgan fingerprint density at radius 2 is 1.86 bits per heavy atom. The largest absolute Gasteiger partial charge is 0.490 e. The number of carbonyl (C=O) groups excluding carboxylic acids is 2. The molecule has 184 valence electrons. The molecule has 0 aliphatic carbocycles. The first-order valence-electron chi connectivity index (χ1n) is 11.0. The average molecular weight is 497 g/mol. The fourth-order valence-corrected chi connectivity index (χ4v) is 3.99. The summed E-state index contributed by atoms with van der Waals surface area (Å²) in [5.74, 6) is -0.544. The second-order valence-corrected chi connectivity index (χ2v) is 8.00. The SMILES string of the molecule is COC(=O)c1ccc2c(c1)C(=O)/C(=C/c1cn(-c3ccccc3)nc1-c1ccc(OC)c([N+](=O)[O-])c1)O2. The van der Waals surface area contributed by atoms with Gasteiger partial charge in [0.25, 0.3) is 0 Å². The molecule has 0 unspecified atom stereocenters. The quantitative estimate of drug-likeness (QED) is 0.160. The van der Waals surface area contributed by atoms with E-state index in [4.69, 9.17) is 14.2 Å². The smallest absolute Gasteiger partial charge is 0.337 e. The molecule has 0 radical (unpaired) electrons. The van der Waals surface area contributed by atoms with Gasteiger partial charge in [0.05, 0.1) is 36.0 Å². The van der Waals surface area contributed by atoms with Gasteiger partial charge in [-0.05, 0) is 48.5 Å². The molecule has 37 heavy (non-hydrogen) atoms. The van der Waals surface area contributed by atoms with Crippen LogP contribution < -0.4 is 9.47 Å². The van der Waals surface area contributed by atoms with Crippen molar-refractivity contribution < 1.29 is 28.7 Å². The van der Waals surface area contributed by atoms with E-state index in [1.165, 1.54) is 50.6 Å². The second-order valence-electron chi connectivity index (χ2n) is 8.00. The van der Waals surface area contributed by atoms with Gasteiger partial charge in [-0.3, -0.25) is 14.9 Å². The lowest BCUT2D eigenvalue weighted by Gasteiger charge is -2.05. The third kappa shape index (κ3) is 4.31. The highest BCUT2D eigenvalue weighted by atomic mass is 16.6. The Kier molecular flexibility index (Phi) is 5.98. The van der Waals surface area contributed by atoms with Crippen molar-refractivity contribution in [2.24, 2.45) is 0 Å². The molecule has 0 saturated carbocycles. The third-order valence-electron chi connectivity index (χ3n) is 5.79. The molecule has 0 bridgehead atoms. The van der Waals surface area contributed by atoms with Crippen molar-refractivity contribution in [2.45, 2.75) is 0 Å². The van der Waals surface area contributed by atoms with E-state index in [1.54, 1.807) is 16.9 Å². The van der Waals surface area contributed by atoms with Crippen LogP contribution in [0.3, 0.4) is 0 Å². The second kappa shape index (κ2) is 9.42. The van der Waals surface area contributed by atoms with Crippen molar-refractivity contribution in [1.82, 2.24) is 9.78 Å². The summed E-state index contributed by atoms with van der Waals surface area (Å²) in [6, 6.07) is 18.3. The molecule has 3 aromatic carbocycles. The Labute approximate surface area is 210 Å². The van der Waals surface area contributed by atoms with Crippen molar-refractivity contribution in [3.8, 4) is 28.4 Å². The maximum absolute atomic E-state index is 13.1. The van der Waals surface area contributed by atoms with Gasteiger partial charge in [0.2, 0.25) is 5.78 Å². The number of ketones is 1. The van der Waals surface area contributed by atoms with Crippen LogP contribution in [0.2, 0.25) is 0 Å². The van der Waals surface area contributed by atoms with E-state index >= 15 is 0 Å². The number of hydrogen-bond acceptors (Lipinski definition) is 8. The molecule has 5 rings (SSSR count). The first-order valence-corrected chi connectivity index (χ1v) is 11.0. The van der Waals surface area contributed by atoms with Crippen LogP contribution in [0.4, 0.5) is 5.69 Å². The van der Waals surface area contributed by atoms with Gasteiger partial charge < -0.3 is 14.2 Å². The minimum Gasteiger partial charge on any atom is -0.490 e. The van der Waals surface area contributed by atoms with Gasteiger partial charge in [0.15, 0.2) is 11.5 Å². The number of nitrogens with zero attached hydrogens (tertiary/aromatic N) is 3. The van der Waals surface area contributed by atoms with Gasteiger partial charge in [-0.1, -0.05) is 18.2 Å². The molecule has 1 aromatic heterocycles. The number of esters is 1. The van der Waals surface area contributed by atoms with Crippen molar-refractivity contribution in [1.29, 1.82) is 0 Å². The number of aromatic nitrogens is 2. The van der Waals surface area contributed by atoms with E-state index in [-0.39, 0.29) is 28.3 Å². The molecule has 0 N–H and O–H groups in total. The highest BCUT2D eigenvalue weighted by molar-refractivity contribution is 6.15. The number of rotatable bonds is 6. The van der Waals surface area contributed by atoms with Crippen molar-refractivity contribution in [2.75, 3.05) is 14.2 Å². The van der Waals surface area contributed by atoms with Crippen LogP contribution in [-0.2, 0) is 4.74 Å². The van der Waals surface area contributed by atoms with E-state index in [2.05, 4.69) is 5.10 Å². The Bertz CT molecular complexity index is 1590. The molecule has 4 aromatic rings. The topological polar surface area (TPSA) is 123 Å². The lowest BCUT2D eigenvalue weighted by molar-refractivity contribution is -0.385. The molecule has 2 heterocycles. The summed E-state index contributed by atoms with van der Waals surface area (Å²) in [6.45, 7) is 0.